The molecule has 1 aliphatic rings. The van der Waals surface area contributed by atoms with E-state index in [2.05, 4.69) is 45.8 Å². The highest BCUT2D eigenvalue weighted by atomic mass is 15.1. The molecule has 0 bridgehead atoms. The molecule has 1 atom stereocenters. The van der Waals surface area contributed by atoms with Gasteiger partial charge in [-0.15, -0.1) is 0 Å². The van der Waals surface area contributed by atoms with Gasteiger partial charge in [0.05, 0.1) is 5.69 Å². The molecular formula is C17H24N4. The summed E-state index contributed by atoms with van der Waals surface area (Å²) >= 11 is 0. The predicted octanol–water partition coefficient (Wildman–Crippen LogP) is 3.21. The zero-order valence-electron chi connectivity index (χ0n) is 13.0. The van der Waals surface area contributed by atoms with Gasteiger partial charge in [-0.2, -0.15) is 0 Å². The molecule has 1 N–H and O–H groups in total. The van der Waals surface area contributed by atoms with Gasteiger partial charge in [-0.3, -0.25) is 4.57 Å². The monoisotopic (exact) mass is 284 g/mol. The number of hydrogen-bond donors (Lipinski definition) is 1. The van der Waals surface area contributed by atoms with E-state index in [9.17, 15) is 0 Å². The molecule has 0 radical (unpaired) electrons. The Morgan fingerprint density at radius 1 is 1.24 bits per heavy atom. The lowest BCUT2D eigenvalue weighted by atomic mass is 10.0. The van der Waals surface area contributed by atoms with Crippen molar-refractivity contribution in [1.29, 1.82) is 0 Å². The zero-order chi connectivity index (χ0) is 14.7. The van der Waals surface area contributed by atoms with E-state index >= 15 is 0 Å². The lowest BCUT2D eigenvalue weighted by Crippen LogP contribution is -2.19. The van der Waals surface area contributed by atoms with E-state index in [0.717, 1.165) is 31.6 Å². The Morgan fingerprint density at radius 3 is 2.86 bits per heavy atom. The number of nitrogens with one attached hydrogen (secondary N) is 1. The molecule has 0 fully saturated rings. The summed E-state index contributed by atoms with van der Waals surface area (Å²) < 4.78 is 2.16. The van der Waals surface area contributed by atoms with Crippen LogP contribution in [0.1, 0.15) is 56.1 Å². The summed E-state index contributed by atoms with van der Waals surface area (Å²) in [4.78, 5) is 9.18. The van der Waals surface area contributed by atoms with Crippen molar-refractivity contribution in [2.75, 3.05) is 6.54 Å². The number of pyridine rings is 1. The van der Waals surface area contributed by atoms with Gasteiger partial charge >= 0.3 is 0 Å². The van der Waals surface area contributed by atoms with E-state index in [1.54, 1.807) is 0 Å². The first-order valence-corrected chi connectivity index (χ1v) is 8.04. The lowest BCUT2D eigenvalue weighted by Gasteiger charge is -2.15. The van der Waals surface area contributed by atoms with Crippen LogP contribution >= 0.6 is 0 Å². The maximum Gasteiger partial charge on any atom is 0.138 e. The van der Waals surface area contributed by atoms with E-state index in [0.29, 0.717) is 6.04 Å². The Labute approximate surface area is 126 Å². The van der Waals surface area contributed by atoms with Crippen molar-refractivity contribution in [2.24, 2.45) is 0 Å². The first kappa shape index (κ1) is 14.3. The first-order valence-electron chi connectivity index (χ1n) is 8.04. The number of nitrogens with zero attached hydrogens (tertiary/aromatic N) is 3. The SMILES string of the molecule is CCCNC(C)c1ccc(-n2cnc3c2CCCC3)nc1. The van der Waals surface area contributed by atoms with Crippen LogP contribution in [0.5, 0.6) is 0 Å². The highest BCUT2D eigenvalue weighted by Crippen LogP contribution is 2.22. The third-order valence-corrected chi connectivity index (χ3v) is 4.25. The molecule has 1 aliphatic carbocycles. The molecule has 0 spiro atoms. The summed E-state index contributed by atoms with van der Waals surface area (Å²) in [6.07, 6.45) is 9.81. The quantitative estimate of drug-likeness (QED) is 0.917. The zero-order valence-corrected chi connectivity index (χ0v) is 13.0. The molecule has 2 heterocycles. The highest BCUT2D eigenvalue weighted by Gasteiger charge is 2.16. The number of aromatic nitrogens is 3. The van der Waals surface area contributed by atoms with Gasteiger partial charge in [0.25, 0.3) is 0 Å². The fourth-order valence-electron chi connectivity index (χ4n) is 2.94. The van der Waals surface area contributed by atoms with Gasteiger partial charge in [0, 0.05) is 17.9 Å². The summed E-state index contributed by atoms with van der Waals surface area (Å²) in [6.45, 7) is 5.41. The van der Waals surface area contributed by atoms with Gasteiger partial charge < -0.3 is 5.32 Å². The molecule has 3 rings (SSSR count). The van der Waals surface area contributed by atoms with Crippen LogP contribution in [-0.4, -0.2) is 21.1 Å². The molecule has 4 heteroatoms. The predicted molar refractivity (Wildman–Crippen MR) is 84.7 cm³/mol. The molecule has 112 valence electrons. The third kappa shape index (κ3) is 3.00. The molecule has 21 heavy (non-hydrogen) atoms. The normalized spacial score (nSPS) is 15.7. The van der Waals surface area contributed by atoms with Crippen LogP contribution < -0.4 is 5.32 Å². The molecule has 2 aromatic heterocycles. The minimum absolute atomic E-state index is 0.350. The molecule has 0 amide bonds. The summed E-state index contributed by atoms with van der Waals surface area (Å²) in [5.41, 5.74) is 3.84. The largest absolute Gasteiger partial charge is 0.310 e. The molecular weight excluding hydrogens is 260 g/mol. The van der Waals surface area contributed by atoms with Gasteiger partial charge in [0.2, 0.25) is 0 Å². The van der Waals surface area contributed by atoms with Crippen molar-refractivity contribution in [2.45, 2.75) is 52.0 Å². The molecule has 0 saturated heterocycles. The first-order chi connectivity index (χ1) is 10.3. The fourth-order valence-corrected chi connectivity index (χ4v) is 2.94. The standard InChI is InChI=1S/C17H24N4/c1-3-10-18-13(2)14-8-9-17(19-11-14)21-12-20-15-6-4-5-7-16(15)21/h8-9,11-13,18H,3-7,10H2,1-2H3. The number of fused-ring (bicyclic) bond motifs is 1. The Morgan fingerprint density at radius 2 is 2.10 bits per heavy atom. The smallest absolute Gasteiger partial charge is 0.138 e. The van der Waals surface area contributed by atoms with Crippen LogP contribution in [0.25, 0.3) is 5.82 Å². The third-order valence-electron chi connectivity index (χ3n) is 4.25. The summed E-state index contributed by atoms with van der Waals surface area (Å²) in [5, 5.41) is 3.49. The van der Waals surface area contributed by atoms with E-state index < -0.39 is 0 Å². The molecule has 0 aromatic carbocycles. The summed E-state index contributed by atoms with van der Waals surface area (Å²) in [6, 6.07) is 4.63. The van der Waals surface area contributed by atoms with Crippen molar-refractivity contribution in [1.82, 2.24) is 19.9 Å². The van der Waals surface area contributed by atoms with E-state index in [-0.39, 0.29) is 0 Å². The van der Waals surface area contributed by atoms with Gasteiger partial charge in [-0.1, -0.05) is 13.0 Å². The number of hydrogen-bond acceptors (Lipinski definition) is 3. The number of aryl methyl sites for hydroxylation is 1. The van der Waals surface area contributed by atoms with Gasteiger partial charge in [0.1, 0.15) is 12.1 Å². The molecule has 2 aromatic rings. The Bertz CT molecular complexity index is 585. The van der Waals surface area contributed by atoms with E-state index in [1.165, 1.54) is 29.8 Å². The highest BCUT2D eigenvalue weighted by molar-refractivity contribution is 5.32. The van der Waals surface area contributed by atoms with Gasteiger partial charge in [0.15, 0.2) is 0 Å². The fraction of sp³-hybridized carbons (Fsp3) is 0.529. The van der Waals surface area contributed by atoms with Crippen molar-refractivity contribution in [3.8, 4) is 5.82 Å². The lowest BCUT2D eigenvalue weighted by molar-refractivity contribution is 0.569. The number of imidazole rings is 1. The minimum Gasteiger partial charge on any atom is -0.310 e. The molecule has 1 unspecified atom stereocenters. The second kappa shape index (κ2) is 6.39. The second-order valence-electron chi connectivity index (χ2n) is 5.84. The van der Waals surface area contributed by atoms with E-state index in [4.69, 9.17) is 0 Å². The Balaban J connectivity index is 1.79. The van der Waals surface area contributed by atoms with Crippen LogP contribution in [0.4, 0.5) is 0 Å². The Hall–Kier alpha value is -1.68. The summed E-state index contributed by atoms with van der Waals surface area (Å²) in [5.74, 6) is 0.983. The van der Waals surface area contributed by atoms with Crippen molar-refractivity contribution < 1.29 is 0 Å². The molecule has 4 nitrogen and oxygen atoms in total. The summed E-state index contributed by atoms with van der Waals surface area (Å²) in [7, 11) is 0. The maximum atomic E-state index is 4.64. The Kier molecular flexibility index (Phi) is 4.34. The van der Waals surface area contributed by atoms with Gasteiger partial charge in [-0.05, 0) is 57.2 Å². The van der Waals surface area contributed by atoms with Crippen LogP contribution in [0.2, 0.25) is 0 Å². The van der Waals surface area contributed by atoms with E-state index in [1.807, 2.05) is 12.5 Å². The second-order valence-corrected chi connectivity index (χ2v) is 5.84. The van der Waals surface area contributed by atoms with Crippen molar-refractivity contribution in [3.05, 3.63) is 41.6 Å². The topological polar surface area (TPSA) is 42.7 Å². The van der Waals surface area contributed by atoms with Crippen LogP contribution in [0.15, 0.2) is 24.7 Å². The molecule has 0 aliphatic heterocycles. The average Bonchev–Trinajstić information content (AvgIpc) is 2.97. The van der Waals surface area contributed by atoms with Gasteiger partial charge in [-0.25, -0.2) is 9.97 Å². The average molecular weight is 284 g/mol. The number of rotatable bonds is 5. The maximum absolute atomic E-state index is 4.64. The minimum atomic E-state index is 0.350. The van der Waals surface area contributed by atoms with Crippen molar-refractivity contribution in [3.63, 3.8) is 0 Å². The van der Waals surface area contributed by atoms with Crippen LogP contribution in [0, 0.1) is 0 Å². The van der Waals surface area contributed by atoms with Crippen molar-refractivity contribution >= 4 is 0 Å². The van der Waals surface area contributed by atoms with Crippen LogP contribution in [-0.2, 0) is 12.8 Å². The van der Waals surface area contributed by atoms with Crippen LogP contribution in [0.3, 0.4) is 0 Å². The molecule has 0 saturated carbocycles.